The molecule has 0 unspecified atom stereocenters. The normalized spacial score (nSPS) is 11.4. The van der Waals surface area contributed by atoms with Crippen molar-refractivity contribution in [1.82, 2.24) is 0 Å². The Balaban J connectivity index is 1.79. The van der Waals surface area contributed by atoms with Crippen LogP contribution < -0.4 is 4.57 Å². The summed E-state index contributed by atoms with van der Waals surface area (Å²) in [6, 6.07) is 23.0. The monoisotopic (exact) mass is 417 g/mol. The molecule has 156 valence electrons. The highest BCUT2D eigenvalue weighted by Crippen LogP contribution is 2.44. The molecule has 0 fully saturated rings. The Bertz CT molecular complexity index is 1520. The topological polar surface area (TPSA) is 21.4 Å². The molecule has 0 atom stereocenters. The molecule has 0 saturated heterocycles. The SMILES string of the molecule is [C-]#[N+]c1c(-c2ccc(C(C)C)cc2)ccc2c1oc1c(-c3cccc[n+]3C)c(C)ccc12. The number of benzene rings is 3. The molecule has 0 N–H and O–H groups in total. The Morgan fingerprint density at radius 2 is 1.59 bits per heavy atom. The number of pyridine rings is 1. The molecule has 0 aliphatic rings. The summed E-state index contributed by atoms with van der Waals surface area (Å²) < 4.78 is 8.60. The van der Waals surface area contributed by atoms with Crippen molar-refractivity contribution >= 4 is 27.6 Å². The second kappa shape index (κ2) is 7.66. The minimum absolute atomic E-state index is 0.475. The van der Waals surface area contributed by atoms with Gasteiger partial charge in [0.15, 0.2) is 6.20 Å². The maximum Gasteiger partial charge on any atom is 0.237 e. The fourth-order valence-electron chi connectivity index (χ4n) is 4.48. The molecule has 2 heterocycles. The number of aromatic nitrogens is 1. The minimum Gasteiger partial charge on any atom is -0.466 e. The van der Waals surface area contributed by atoms with Gasteiger partial charge in [0.25, 0.3) is 0 Å². The predicted molar refractivity (Wildman–Crippen MR) is 131 cm³/mol. The van der Waals surface area contributed by atoms with Gasteiger partial charge in [0.1, 0.15) is 18.2 Å². The predicted octanol–water partition coefficient (Wildman–Crippen LogP) is 7.73. The molecule has 3 aromatic carbocycles. The van der Waals surface area contributed by atoms with E-state index in [1.165, 1.54) is 5.56 Å². The number of hydrogen-bond acceptors (Lipinski definition) is 1. The standard InChI is InChI=1S/C29H25N2O/c1-18(2)20-10-12-21(13-11-20)22-15-16-24-23-14-9-19(3)26(25-8-6-7-17-31(25)5)28(23)32-29(24)27(22)30-4/h6-18H,1-3,5H3/q+1. The zero-order chi connectivity index (χ0) is 22.4. The molecule has 0 saturated carbocycles. The molecule has 0 aliphatic carbocycles. The number of hydrogen-bond donors (Lipinski definition) is 0. The van der Waals surface area contributed by atoms with Crippen molar-refractivity contribution in [2.75, 3.05) is 0 Å². The Morgan fingerprint density at radius 1 is 0.875 bits per heavy atom. The summed E-state index contributed by atoms with van der Waals surface area (Å²) in [5.41, 5.74) is 8.59. The highest BCUT2D eigenvalue weighted by molar-refractivity contribution is 6.14. The van der Waals surface area contributed by atoms with Gasteiger partial charge in [-0.2, -0.15) is 0 Å². The first kappa shape index (κ1) is 20.0. The van der Waals surface area contributed by atoms with Gasteiger partial charge in [0, 0.05) is 22.9 Å². The van der Waals surface area contributed by atoms with Gasteiger partial charge >= 0.3 is 0 Å². The highest BCUT2D eigenvalue weighted by atomic mass is 16.3. The van der Waals surface area contributed by atoms with Crippen LogP contribution in [0.3, 0.4) is 0 Å². The number of furan rings is 1. The van der Waals surface area contributed by atoms with Crippen LogP contribution in [0.1, 0.15) is 30.9 Å². The fraction of sp³-hybridized carbons (Fsp3) is 0.172. The summed E-state index contributed by atoms with van der Waals surface area (Å²) in [5.74, 6) is 0.475. The Morgan fingerprint density at radius 3 is 2.28 bits per heavy atom. The van der Waals surface area contributed by atoms with E-state index in [4.69, 9.17) is 11.0 Å². The minimum atomic E-state index is 0.475. The zero-order valence-electron chi connectivity index (χ0n) is 18.8. The first-order valence-corrected chi connectivity index (χ1v) is 10.9. The van der Waals surface area contributed by atoms with Crippen LogP contribution >= 0.6 is 0 Å². The van der Waals surface area contributed by atoms with E-state index in [0.29, 0.717) is 17.2 Å². The Labute approximate surface area is 188 Å². The Hall–Kier alpha value is -3.90. The van der Waals surface area contributed by atoms with Crippen molar-refractivity contribution in [3.8, 4) is 22.4 Å². The van der Waals surface area contributed by atoms with Crippen LogP contribution in [0, 0.1) is 13.5 Å². The van der Waals surface area contributed by atoms with E-state index in [9.17, 15) is 0 Å². The third-order valence-electron chi connectivity index (χ3n) is 6.30. The lowest BCUT2D eigenvalue weighted by Gasteiger charge is -2.08. The number of aryl methyl sites for hydroxylation is 2. The average molecular weight is 418 g/mol. The molecule has 0 bridgehead atoms. The molecule has 0 amide bonds. The van der Waals surface area contributed by atoms with Crippen LogP contribution in [-0.2, 0) is 7.05 Å². The van der Waals surface area contributed by atoms with E-state index in [1.807, 2.05) is 25.4 Å². The molecule has 0 aliphatic heterocycles. The van der Waals surface area contributed by atoms with Crippen LogP contribution in [-0.4, -0.2) is 0 Å². The third-order valence-corrected chi connectivity index (χ3v) is 6.30. The van der Waals surface area contributed by atoms with Gasteiger partial charge in [-0.1, -0.05) is 62.4 Å². The second-order valence-electron chi connectivity index (χ2n) is 8.66. The van der Waals surface area contributed by atoms with Gasteiger partial charge in [-0.3, -0.25) is 0 Å². The van der Waals surface area contributed by atoms with Crippen LogP contribution in [0.25, 0.3) is 49.2 Å². The van der Waals surface area contributed by atoms with Gasteiger partial charge < -0.3 is 4.42 Å². The smallest absolute Gasteiger partial charge is 0.237 e. The van der Waals surface area contributed by atoms with Crippen LogP contribution in [0.2, 0.25) is 0 Å². The van der Waals surface area contributed by atoms with Gasteiger partial charge in [0.05, 0.1) is 12.1 Å². The summed E-state index contributed by atoms with van der Waals surface area (Å²) in [7, 11) is 2.04. The molecular formula is C29H25N2O+. The molecule has 2 aromatic heterocycles. The quantitative estimate of drug-likeness (QED) is 0.217. The molecular weight excluding hydrogens is 392 g/mol. The summed E-state index contributed by atoms with van der Waals surface area (Å²) in [5, 5.41) is 2.02. The van der Waals surface area contributed by atoms with Crippen LogP contribution in [0.15, 0.2) is 77.3 Å². The van der Waals surface area contributed by atoms with Gasteiger partial charge in [-0.05, 0) is 41.2 Å². The molecule has 32 heavy (non-hydrogen) atoms. The summed E-state index contributed by atoms with van der Waals surface area (Å²) in [6.07, 6.45) is 2.04. The van der Waals surface area contributed by atoms with Crippen LogP contribution in [0.5, 0.6) is 0 Å². The zero-order valence-corrected chi connectivity index (χ0v) is 18.8. The van der Waals surface area contributed by atoms with Crippen molar-refractivity contribution in [2.45, 2.75) is 26.7 Å². The van der Waals surface area contributed by atoms with E-state index >= 15 is 0 Å². The molecule has 5 rings (SSSR count). The lowest BCUT2D eigenvalue weighted by atomic mass is 9.96. The lowest BCUT2D eigenvalue weighted by Crippen LogP contribution is -2.30. The summed E-state index contributed by atoms with van der Waals surface area (Å²) >= 11 is 0. The highest BCUT2D eigenvalue weighted by Gasteiger charge is 2.22. The second-order valence-corrected chi connectivity index (χ2v) is 8.66. The maximum atomic E-state index is 7.95. The molecule has 0 spiro atoms. The maximum absolute atomic E-state index is 7.95. The molecule has 5 aromatic rings. The fourth-order valence-corrected chi connectivity index (χ4v) is 4.48. The van der Waals surface area contributed by atoms with Crippen molar-refractivity contribution in [3.63, 3.8) is 0 Å². The lowest BCUT2D eigenvalue weighted by molar-refractivity contribution is -0.660. The van der Waals surface area contributed by atoms with Gasteiger partial charge in [-0.25, -0.2) is 9.41 Å². The van der Waals surface area contributed by atoms with E-state index in [0.717, 1.165) is 44.3 Å². The average Bonchev–Trinajstić information content (AvgIpc) is 3.18. The van der Waals surface area contributed by atoms with E-state index < -0.39 is 0 Å². The van der Waals surface area contributed by atoms with E-state index in [-0.39, 0.29) is 0 Å². The number of rotatable bonds is 3. The van der Waals surface area contributed by atoms with Crippen LogP contribution in [0.4, 0.5) is 5.69 Å². The van der Waals surface area contributed by atoms with Crippen molar-refractivity contribution < 1.29 is 8.98 Å². The Kier molecular flexibility index (Phi) is 4.79. The summed E-state index contributed by atoms with van der Waals surface area (Å²) in [6.45, 7) is 14.4. The van der Waals surface area contributed by atoms with E-state index in [1.54, 1.807) is 0 Å². The third kappa shape index (κ3) is 3.08. The molecule has 3 nitrogen and oxygen atoms in total. The largest absolute Gasteiger partial charge is 0.466 e. The van der Waals surface area contributed by atoms with Crippen molar-refractivity contribution in [3.05, 3.63) is 95.5 Å². The number of nitrogens with zero attached hydrogens (tertiary/aromatic N) is 2. The first-order valence-electron chi connectivity index (χ1n) is 10.9. The molecule has 0 radical (unpaired) electrons. The van der Waals surface area contributed by atoms with Gasteiger partial charge in [-0.15, -0.1) is 0 Å². The number of fused-ring (bicyclic) bond motifs is 3. The first-order chi connectivity index (χ1) is 15.5. The molecule has 3 heteroatoms. The summed E-state index contributed by atoms with van der Waals surface area (Å²) in [4.78, 5) is 3.92. The van der Waals surface area contributed by atoms with Gasteiger partial charge in [0.2, 0.25) is 11.4 Å². The van der Waals surface area contributed by atoms with Crippen molar-refractivity contribution in [2.24, 2.45) is 7.05 Å². The van der Waals surface area contributed by atoms with E-state index in [2.05, 4.69) is 84.8 Å². The van der Waals surface area contributed by atoms with Crippen molar-refractivity contribution in [1.29, 1.82) is 0 Å².